The first-order valence-corrected chi connectivity index (χ1v) is 6.21. The highest BCUT2D eigenvalue weighted by molar-refractivity contribution is 5.87. The normalized spacial score (nSPS) is 12.9. The molecule has 0 saturated carbocycles. The third kappa shape index (κ3) is 4.75. The van der Waals surface area contributed by atoms with Crippen molar-refractivity contribution < 1.29 is 14.3 Å². The average molecular weight is 263 g/mol. The van der Waals surface area contributed by atoms with Crippen LogP contribution in [0.15, 0.2) is 35.9 Å². The van der Waals surface area contributed by atoms with E-state index in [9.17, 15) is 4.79 Å². The summed E-state index contributed by atoms with van der Waals surface area (Å²) in [7, 11) is 3.03. The molecule has 0 spiro atoms. The van der Waals surface area contributed by atoms with Gasteiger partial charge in [0, 0.05) is 18.2 Å². The molecule has 1 aromatic rings. The average Bonchev–Trinajstić information content (AvgIpc) is 2.46. The second kappa shape index (κ2) is 7.59. The van der Waals surface area contributed by atoms with E-state index in [1.54, 1.807) is 14.0 Å². The van der Waals surface area contributed by atoms with Crippen molar-refractivity contribution in [2.75, 3.05) is 20.8 Å². The van der Waals surface area contributed by atoms with Gasteiger partial charge in [0.05, 0.1) is 14.2 Å². The van der Waals surface area contributed by atoms with E-state index in [1.807, 2.05) is 30.3 Å². The van der Waals surface area contributed by atoms with Gasteiger partial charge in [0.2, 0.25) is 0 Å². The van der Waals surface area contributed by atoms with Gasteiger partial charge in [0.15, 0.2) is 0 Å². The minimum absolute atomic E-state index is 0.178. The molecule has 0 aromatic heterocycles. The quantitative estimate of drug-likeness (QED) is 0.632. The van der Waals surface area contributed by atoms with Crippen molar-refractivity contribution in [3.63, 3.8) is 0 Å². The van der Waals surface area contributed by atoms with Crippen LogP contribution < -0.4 is 10.1 Å². The first-order valence-electron chi connectivity index (χ1n) is 6.21. The van der Waals surface area contributed by atoms with E-state index < -0.39 is 0 Å². The second-order valence-corrected chi connectivity index (χ2v) is 4.29. The number of ether oxygens (including phenoxy) is 2. The van der Waals surface area contributed by atoms with E-state index in [-0.39, 0.29) is 12.0 Å². The summed E-state index contributed by atoms with van der Waals surface area (Å²) in [5, 5.41) is 3.32. The predicted molar refractivity (Wildman–Crippen MR) is 75.2 cm³/mol. The van der Waals surface area contributed by atoms with Gasteiger partial charge in [-0.05, 0) is 31.5 Å². The van der Waals surface area contributed by atoms with Gasteiger partial charge in [-0.3, -0.25) is 0 Å². The monoisotopic (exact) mass is 263 g/mol. The molecule has 0 unspecified atom stereocenters. The molecule has 0 heterocycles. The molecule has 0 saturated heterocycles. The number of rotatable bonds is 6. The number of carbonyl (C=O) groups excluding carboxylic acids is 1. The first kappa shape index (κ1) is 15.2. The van der Waals surface area contributed by atoms with Gasteiger partial charge in [-0.2, -0.15) is 0 Å². The zero-order chi connectivity index (χ0) is 14.3. The highest BCUT2D eigenvalue weighted by Gasteiger charge is 2.06. The maximum atomic E-state index is 11.2. The molecule has 1 N–H and O–H groups in total. The number of hydrogen-bond acceptors (Lipinski definition) is 4. The lowest BCUT2D eigenvalue weighted by atomic mass is 10.1. The Morgan fingerprint density at radius 2 is 2.16 bits per heavy atom. The Balaban J connectivity index is 2.55. The molecular weight excluding hydrogens is 242 g/mol. The van der Waals surface area contributed by atoms with Crippen LogP contribution in [0.5, 0.6) is 5.75 Å². The van der Waals surface area contributed by atoms with Crippen LogP contribution in [0.2, 0.25) is 0 Å². The van der Waals surface area contributed by atoms with Crippen LogP contribution in [-0.4, -0.2) is 26.7 Å². The van der Waals surface area contributed by atoms with Crippen molar-refractivity contribution in [3.8, 4) is 5.75 Å². The van der Waals surface area contributed by atoms with E-state index in [4.69, 9.17) is 4.74 Å². The molecule has 0 aliphatic heterocycles. The predicted octanol–water partition coefficient (Wildman–Crippen LogP) is 2.47. The van der Waals surface area contributed by atoms with Crippen molar-refractivity contribution >= 4 is 5.97 Å². The van der Waals surface area contributed by atoms with Gasteiger partial charge in [0.25, 0.3) is 0 Å². The van der Waals surface area contributed by atoms with Crippen molar-refractivity contribution in [2.45, 2.75) is 19.9 Å². The van der Waals surface area contributed by atoms with Gasteiger partial charge in [-0.15, -0.1) is 0 Å². The van der Waals surface area contributed by atoms with Crippen LogP contribution >= 0.6 is 0 Å². The minimum Gasteiger partial charge on any atom is -0.497 e. The molecule has 0 fully saturated rings. The van der Waals surface area contributed by atoms with Gasteiger partial charge in [0.1, 0.15) is 5.75 Å². The highest BCUT2D eigenvalue weighted by Crippen LogP contribution is 2.18. The topological polar surface area (TPSA) is 47.6 Å². The van der Waals surface area contributed by atoms with E-state index in [0.717, 1.165) is 11.3 Å². The maximum absolute atomic E-state index is 11.2. The van der Waals surface area contributed by atoms with E-state index >= 15 is 0 Å². The summed E-state index contributed by atoms with van der Waals surface area (Å²) in [4.78, 5) is 11.2. The van der Waals surface area contributed by atoms with E-state index in [1.165, 1.54) is 7.11 Å². The van der Waals surface area contributed by atoms with Crippen molar-refractivity contribution in [1.29, 1.82) is 0 Å². The lowest BCUT2D eigenvalue weighted by molar-refractivity contribution is -0.136. The number of nitrogens with one attached hydrogen (secondary N) is 1. The van der Waals surface area contributed by atoms with Gasteiger partial charge < -0.3 is 14.8 Å². The Bertz CT molecular complexity index is 454. The molecule has 0 amide bonds. The SMILES string of the molecule is COC(=O)/C(C)=C/CN[C@H](C)c1cccc(OC)c1. The number of benzene rings is 1. The molecule has 0 aliphatic rings. The fraction of sp³-hybridized carbons (Fsp3) is 0.400. The summed E-state index contributed by atoms with van der Waals surface area (Å²) in [6, 6.07) is 8.09. The highest BCUT2D eigenvalue weighted by atomic mass is 16.5. The maximum Gasteiger partial charge on any atom is 0.333 e. The lowest BCUT2D eigenvalue weighted by Crippen LogP contribution is -2.19. The third-order valence-electron chi connectivity index (χ3n) is 2.93. The Kier molecular flexibility index (Phi) is 6.09. The van der Waals surface area contributed by atoms with Gasteiger partial charge >= 0.3 is 5.97 Å². The van der Waals surface area contributed by atoms with E-state index in [2.05, 4.69) is 17.0 Å². The second-order valence-electron chi connectivity index (χ2n) is 4.29. The molecule has 19 heavy (non-hydrogen) atoms. The standard InChI is InChI=1S/C15H21NO3/c1-11(15(17)19-4)8-9-16-12(2)13-6-5-7-14(10-13)18-3/h5-8,10,12,16H,9H2,1-4H3/b11-8+/t12-/m1/s1. The molecule has 0 aliphatic carbocycles. The number of carbonyl (C=O) groups is 1. The fourth-order valence-corrected chi connectivity index (χ4v) is 1.66. The van der Waals surface area contributed by atoms with Crippen molar-refractivity contribution in [3.05, 3.63) is 41.5 Å². The minimum atomic E-state index is -0.296. The van der Waals surface area contributed by atoms with Crippen LogP contribution in [0, 0.1) is 0 Å². The van der Waals surface area contributed by atoms with Crippen LogP contribution in [0.1, 0.15) is 25.5 Å². The zero-order valence-corrected chi connectivity index (χ0v) is 11.9. The molecule has 1 aromatic carbocycles. The molecular formula is C15H21NO3. The molecule has 104 valence electrons. The third-order valence-corrected chi connectivity index (χ3v) is 2.93. The molecule has 1 atom stereocenters. The Labute approximate surface area is 114 Å². The molecule has 0 radical (unpaired) electrons. The van der Waals surface area contributed by atoms with Crippen LogP contribution in [0.3, 0.4) is 0 Å². The number of esters is 1. The smallest absolute Gasteiger partial charge is 0.333 e. The molecule has 0 bridgehead atoms. The Hall–Kier alpha value is -1.81. The van der Waals surface area contributed by atoms with Gasteiger partial charge in [-0.25, -0.2) is 4.79 Å². The summed E-state index contributed by atoms with van der Waals surface area (Å²) in [6.45, 7) is 4.42. The zero-order valence-electron chi connectivity index (χ0n) is 11.9. The summed E-state index contributed by atoms with van der Waals surface area (Å²) in [6.07, 6.45) is 1.82. The van der Waals surface area contributed by atoms with Crippen LogP contribution in [0.4, 0.5) is 0 Å². The fourth-order valence-electron chi connectivity index (χ4n) is 1.66. The first-order chi connectivity index (χ1) is 9.08. The summed E-state index contributed by atoms with van der Waals surface area (Å²) in [5.74, 6) is 0.545. The van der Waals surface area contributed by atoms with Crippen LogP contribution in [-0.2, 0) is 9.53 Å². The largest absolute Gasteiger partial charge is 0.497 e. The number of hydrogen-bond donors (Lipinski definition) is 1. The summed E-state index contributed by atoms with van der Waals surface area (Å²) >= 11 is 0. The molecule has 4 heteroatoms. The summed E-state index contributed by atoms with van der Waals surface area (Å²) in [5.41, 5.74) is 1.75. The van der Waals surface area contributed by atoms with Crippen molar-refractivity contribution in [1.82, 2.24) is 5.32 Å². The molecule has 4 nitrogen and oxygen atoms in total. The van der Waals surface area contributed by atoms with Crippen molar-refractivity contribution in [2.24, 2.45) is 0 Å². The Morgan fingerprint density at radius 1 is 1.42 bits per heavy atom. The lowest BCUT2D eigenvalue weighted by Gasteiger charge is -2.14. The summed E-state index contributed by atoms with van der Waals surface area (Å²) < 4.78 is 9.83. The Morgan fingerprint density at radius 3 is 2.79 bits per heavy atom. The van der Waals surface area contributed by atoms with Crippen LogP contribution in [0.25, 0.3) is 0 Å². The van der Waals surface area contributed by atoms with E-state index in [0.29, 0.717) is 12.1 Å². The van der Waals surface area contributed by atoms with Gasteiger partial charge in [-0.1, -0.05) is 18.2 Å². The number of methoxy groups -OCH3 is 2. The molecule has 1 rings (SSSR count).